The molecule has 2 nitrogen and oxygen atoms in total. The van der Waals surface area contributed by atoms with Crippen LogP contribution in [0.15, 0.2) is 48.5 Å². The Hall–Kier alpha value is -1.64. The standard InChI is InChI=1S/C18H20O2/c1-17(19-3)15-11-7-5-9-13(15)14-10-6-8-12-16(14)18(17,2)20-4/h5-12H,1-4H3. The van der Waals surface area contributed by atoms with Gasteiger partial charge in [0.15, 0.2) is 0 Å². The normalized spacial score (nSPS) is 27.8. The third kappa shape index (κ3) is 1.46. The average Bonchev–Trinajstić information content (AvgIpc) is 2.52. The molecule has 1 aliphatic carbocycles. The summed E-state index contributed by atoms with van der Waals surface area (Å²) in [5, 5.41) is 0. The van der Waals surface area contributed by atoms with Crippen LogP contribution < -0.4 is 0 Å². The first-order chi connectivity index (χ1) is 9.58. The fourth-order valence-corrected chi connectivity index (χ4v) is 3.39. The second-order valence-corrected chi connectivity index (χ2v) is 5.57. The van der Waals surface area contributed by atoms with Crippen molar-refractivity contribution < 1.29 is 9.47 Å². The van der Waals surface area contributed by atoms with E-state index < -0.39 is 11.2 Å². The molecular formula is C18H20O2. The van der Waals surface area contributed by atoms with Gasteiger partial charge in [0.2, 0.25) is 0 Å². The Bertz CT molecular complexity index is 592. The van der Waals surface area contributed by atoms with Gasteiger partial charge in [-0.3, -0.25) is 0 Å². The first kappa shape index (κ1) is 13.3. The van der Waals surface area contributed by atoms with Crippen LogP contribution in [0.1, 0.15) is 25.0 Å². The second-order valence-electron chi connectivity index (χ2n) is 5.57. The van der Waals surface area contributed by atoms with Gasteiger partial charge < -0.3 is 9.47 Å². The Morgan fingerprint density at radius 2 is 1.00 bits per heavy atom. The van der Waals surface area contributed by atoms with Crippen LogP contribution in [0, 0.1) is 0 Å². The third-order valence-electron chi connectivity index (χ3n) is 4.90. The summed E-state index contributed by atoms with van der Waals surface area (Å²) in [6.45, 7) is 4.20. The predicted molar refractivity (Wildman–Crippen MR) is 80.6 cm³/mol. The van der Waals surface area contributed by atoms with Crippen molar-refractivity contribution in [1.29, 1.82) is 0 Å². The van der Waals surface area contributed by atoms with Crippen LogP contribution in [0.4, 0.5) is 0 Å². The average molecular weight is 268 g/mol. The third-order valence-corrected chi connectivity index (χ3v) is 4.90. The largest absolute Gasteiger partial charge is 0.370 e. The minimum Gasteiger partial charge on any atom is -0.370 e. The van der Waals surface area contributed by atoms with E-state index in [0.29, 0.717) is 0 Å². The van der Waals surface area contributed by atoms with Crippen molar-refractivity contribution in [2.24, 2.45) is 0 Å². The van der Waals surface area contributed by atoms with Crippen molar-refractivity contribution in [2.75, 3.05) is 14.2 Å². The number of rotatable bonds is 2. The van der Waals surface area contributed by atoms with Crippen LogP contribution in [-0.4, -0.2) is 14.2 Å². The predicted octanol–water partition coefficient (Wildman–Crippen LogP) is 4.09. The van der Waals surface area contributed by atoms with E-state index in [1.807, 2.05) is 0 Å². The van der Waals surface area contributed by atoms with Crippen molar-refractivity contribution >= 4 is 0 Å². The number of hydrogen-bond donors (Lipinski definition) is 0. The molecule has 0 radical (unpaired) electrons. The molecule has 2 unspecified atom stereocenters. The van der Waals surface area contributed by atoms with Gasteiger partial charge in [0, 0.05) is 14.2 Å². The maximum absolute atomic E-state index is 5.94. The molecule has 0 amide bonds. The summed E-state index contributed by atoms with van der Waals surface area (Å²) < 4.78 is 11.9. The summed E-state index contributed by atoms with van der Waals surface area (Å²) in [6.07, 6.45) is 0. The van der Waals surface area contributed by atoms with Crippen LogP contribution >= 0.6 is 0 Å². The lowest BCUT2D eigenvalue weighted by Gasteiger charge is -2.49. The summed E-state index contributed by atoms with van der Waals surface area (Å²) in [7, 11) is 3.50. The van der Waals surface area contributed by atoms with Crippen molar-refractivity contribution in [3.05, 3.63) is 59.7 Å². The molecule has 2 aromatic rings. The van der Waals surface area contributed by atoms with Crippen LogP contribution in [0.2, 0.25) is 0 Å². The summed E-state index contributed by atoms with van der Waals surface area (Å²) in [5.41, 5.74) is 3.75. The molecule has 0 fully saturated rings. The SMILES string of the molecule is COC1(C)c2ccccc2-c2ccccc2C1(C)OC. The molecule has 104 valence electrons. The number of benzene rings is 2. The highest BCUT2D eigenvalue weighted by Gasteiger charge is 2.53. The van der Waals surface area contributed by atoms with Crippen molar-refractivity contribution in [3.63, 3.8) is 0 Å². The summed E-state index contributed by atoms with van der Waals surface area (Å²) in [6, 6.07) is 16.8. The molecule has 0 N–H and O–H groups in total. The highest BCUT2D eigenvalue weighted by molar-refractivity contribution is 5.76. The molecule has 1 aliphatic rings. The number of hydrogen-bond acceptors (Lipinski definition) is 2. The van der Waals surface area contributed by atoms with Crippen LogP contribution in [0.25, 0.3) is 11.1 Å². The lowest BCUT2D eigenvalue weighted by atomic mass is 9.67. The maximum atomic E-state index is 5.94. The van der Waals surface area contributed by atoms with Gasteiger partial charge >= 0.3 is 0 Å². The van der Waals surface area contributed by atoms with Gasteiger partial charge in [-0.1, -0.05) is 48.5 Å². The molecule has 2 atom stereocenters. The fourth-order valence-electron chi connectivity index (χ4n) is 3.39. The summed E-state index contributed by atoms with van der Waals surface area (Å²) in [5.74, 6) is 0. The number of fused-ring (bicyclic) bond motifs is 3. The maximum Gasteiger partial charge on any atom is 0.123 e. The van der Waals surface area contributed by atoms with E-state index in [1.165, 1.54) is 22.3 Å². The van der Waals surface area contributed by atoms with Gasteiger partial charge in [-0.25, -0.2) is 0 Å². The molecule has 0 heterocycles. The molecule has 2 aromatic carbocycles. The Morgan fingerprint density at radius 3 is 1.35 bits per heavy atom. The van der Waals surface area contributed by atoms with Gasteiger partial charge in [-0.15, -0.1) is 0 Å². The van der Waals surface area contributed by atoms with E-state index in [2.05, 4.69) is 62.4 Å². The molecule has 3 rings (SSSR count). The minimum atomic E-state index is -0.521. The Balaban J connectivity index is 2.42. The zero-order valence-electron chi connectivity index (χ0n) is 12.4. The Labute approximate surface area is 120 Å². The van der Waals surface area contributed by atoms with Crippen LogP contribution in [-0.2, 0) is 20.7 Å². The fraction of sp³-hybridized carbons (Fsp3) is 0.333. The van der Waals surface area contributed by atoms with Crippen molar-refractivity contribution in [3.8, 4) is 11.1 Å². The van der Waals surface area contributed by atoms with Crippen molar-refractivity contribution in [2.45, 2.75) is 25.0 Å². The second kappa shape index (κ2) is 4.44. The molecular weight excluding hydrogens is 248 g/mol. The van der Waals surface area contributed by atoms with E-state index in [9.17, 15) is 0 Å². The van der Waals surface area contributed by atoms with Gasteiger partial charge in [-0.05, 0) is 36.1 Å². The van der Waals surface area contributed by atoms with E-state index in [1.54, 1.807) is 14.2 Å². The van der Waals surface area contributed by atoms with Crippen LogP contribution in [0.5, 0.6) is 0 Å². The van der Waals surface area contributed by atoms with Crippen LogP contribution in [0.3, 0.4) is 0 Å². The highest BCUT2D eigenvalue weighted by atomic mass is 16.5. The molecule has 0 aromatic heterocycles. The molecule has 0 saturated carbocycles. The lowest BCUT2D eigenvalue weighted by Crippen LogP contribution is -2.50. The van der Waals surface area contributed by atoms with Gasteiger partial charge in [0.25, 0.3) is 0 Å². The van der Waals surface area contributed by atoms with E-state index in [-0.39, 0.29) is 0 Å². The molecule has 0 bridgehead atoms. The van der Waals surface area contributed by atoms with Gasteiger partial charge in [0.05, 0.1) is 0 Å². The van der Waals surface area contributed by atoms with E-state index in [0.717, 1.165) is 0 Å². The monoisotopic (exact) mass is 268 g/mol. The Kier molecular flexibility index (Phi) is 2.96. The summed E-state index contributed by atoms with van der Waals surface area (Å²) in [4.78, 5) is 0. The first-order valence-corrected chi connectivity index (χ1v) is 6.88. The number of ether oxygens (including phenoxy) is 2. The summed E-state index contributed by atoms with van der Waals surface area (Å²) >= 11 is 0. The smallest absolute Gasteiger partial charge is 0.123 e. The molecule has 0 spiro atoms. The molecule has 0 aliphatic heterocycles. The quantitative estimate of drug-likeness (QED) is 0.816. The zero-order chi connectivity index (χ0) is 14.4. The van der Waals surface area contributed by atoms with Crippen molar-refractivity contribution in [1.82, 2.24) is 0 Å². The first-order valence-electron chi connectivity index (χ1n) is 6.88. The molecule has 2 heteroatoms. The van der Waals surface area contributed by atoms with E-state index >= 15 is 0 Å². The Morgan fingerprint density at radius 1 is 0.650 bits per heavy atom. The topological polar surface area (TPSA) is 18.5 Å². The van der Waals surface area contributed by atoms with E-state index in [4.69, 9.17) is 9.47 Å². The van der Waals surface area contributed by atoms with Gasteiger partial charge in [0.1, 0.15) is 11.2 Å². The molecule has 20 heavy (non-hydrogen) atoms. The number of methoxy groups -OCH3 is 2. The zero-order valence-corrected chi connectivity index (χ0v) is 12.4. The van der Waals surface area contributed by atoms with Gasteiger partial charge in [-0.2, -0.15) is 0 Å². The highest BCUT2D eigenvalue weighted by Crippen LogP contribution is 2.54. The lowest BCUT2D eigenvalue weighted by molar-refractivity contribution is -0.181. The minimum absolute atomic E-state index is 0.521. The molecule has 0 saturated heterocycles.